The minimum absolute atomic E-state index is 0.265. The minimum Gasteiger partial charge on any atom is -0.309 e. The number of nitrogens with zero attached hydrogens (tertiary/aromatic N) is 2. The lowest BCUT2D eigenvalue weighted by atomic mass is 9.99. The Labute approximate surface area is 177 Å². The highest BCUT2D eigenvalue weighted by Crippen LogP contribution is 2.32. The summed E-state index contributed by atoms with van der Waals surface area (Å²) in [6.07, 6.45) is -2.43. The van der Waals surface area contributed by atoms with Crippen LogP contribution >= 0.6 is 11.3 Å². The maximum Gasteiger partial charge on any atom is 0.416 e. The van der Waals surface area contributed by atoms with Gasteiger partial charge in [-0.05, 0) is 77.2 Å². The van der Waals surface area contributed by atoms with E-state index in [1.54, 1.807) is 11.3 Å². The van der Waals surface area contributed by atoms with Crippen molar-refractivity contribution >= 4 is 22.2 Å². The van der Waals surface area contributed by atoms with Crippen LogP contribution in [0.3, 0.4) is 0 Å². The van der Waals surface area contributed by atoms with Crippen LogP contribution in [0, 0.1) is 0 Å². The molecule has 4 rings (SSSR count). The van der Waals surface area contributed by atoms with Crippen molar-refractivity contribution in [3.05, 3.63) is 76.1 Å². The zero-order chi connectivity index (χ0) is 21.3. The molecular formula is C23H22F3N3S. The molecule has 0 amide bonds. The van der Waals surface area contributed by atoms with Crippen LogP contribution in [0.5, 0.6) is 0 Å². The van der Waals surface area contributed by atoms with Crippen LogP contribution in [0.15, 0.2) is 59.4 Å². The number of fused-ring (bicyclic) bond motifs is 1. The van der Waals surface area contributed by atoms with E-state index >= 15 is 0 Å². The largest absolute Gasteiger partial charge is 0.416 e. The van der Waals surface area contributed by atoms with E-state index in [0.29, 0.717) is 13.1 Å². The quantitative estimate of drug-likeness (QED) is 0.372. The Hall–Kier alpha value is -2.64. The number of benzene rings is 2. The van der Waals surface area contributed by atoms with E-state index in [0.717, 1.165) is 45.3 Å². The molecule has 2 aromatic heterocycles. The number of thiophene rings is 1. The molecule has 7 heteroatoms. The summed E-state index contributed by atoms with van der Waals surface area (Å²) in [5.41, 5.74) is 4.72. The number of alkyl halides is 3. The maximum absolute atomic E-state index is 12.7. The van der Waals surface area contributed by atoms with Gasteiger partial charge in [0.1, 0.15) is 0 Å². The third-order valence-corrected chi connectivity index (χ3v) is 5.75. The number of halogens is 3. The molecule has 0 atom stereocenters. The van der Waals surface area contributed by atoms with Gasteiger partial charge in [0.25, 0.3) is 0 Å². The number of hydrogen-bond donors (Lipinski definition) is 1. The predicted molar refractivity (Wildman–Crippen MR) is 115 cm³/mol. The highest BCUT2D eigenvalue weighted by Gasteiger charge is 2.29. The molecule has 0 saturated heterocycles. The molecule has 0 fully saturated rings. The Morgan fingerprint density at radius 3 is 2.47 bits per heavy atom. The molecule has 0 spiro atoms. The van der Waals surface area contributed by atoms with Gasteiger partial charge in [-0.15, -0.1) is 0 Å². The van der Waals surface area contributed by atoms with Gasteiger partial charge in [-0.1, -0.05) is 12.1 Å². The van der Waals surface area contributed by atoms with Gasteiger partial charge < -0.3 is 5.32 Å². The molecule has 0 radical (unpaired) electrons. The first-order valence-electron chi connectivity index (χ1n) is 9.72. The van der Waals surface area contributed by atoms with Crippen molar-refractivity contribution in [1.82, 2.24) is 15.1 Å². The normalized spacial score (nSPS) is 12.2. The molecule has 0 unspecified atom stereocenters. The topological polar surface area (TPSA) is 29.9 Å². The number of rotatable bonds is 6. The molecular weight excluding hydrogens is 407 g/mol. The van der Waals surface area contributed by atoms with E-state index in [1.165, 1.54) is 12.1 Å². The van der Waals surface area contributed by atoms with Crippen LogP contribution in [0.25, 0.3) is 22.0 Å². The van der Waals surface area contributed by atoms with Gasteiger partial charge >= 0.3 is 6.18 Å². The fraction of sp³-hybridized carbons (Fsp3) is 0.261. The lowest BCUT2D eigenvalue weighted by Gasteiger charge is -2.13. The van der Waals surface area contributed by atoms with Crippen molar-refractivity contribution in [3.8, 4) is 11.1 Å². The molecule has 30 heavy (non-hydrogen) atoms. The molecule has 1 N–H and O–H groups in total. The molecule has 0 aliphatic heterocycles. The molecule has 3 nitrogen and oxygen atoms in total. The zero-order valence-electron chi connectivity index (χ0n) is 16.7. The molecule has 156 valence electrons. The first-order valence-corrected chi connectivity index (χ1v) is 10.7. The van der Waals surface area contributed by atoms with Crippen LogP contribution in [0.1, 0.15) is 36.6 Å². The summed E-state index contributed by atoms with van der Waals surface area (Å²) >= 11 is 1.65. The maximum atomic E-state index is 12.7. The molecule has 0 saturated carbocycles. The number of aromatic nitrogens is 2. The van der Waals surface area contributed by atoms with Gasteiger partial charge in [0.05, 0.1) is 17.3 Å². The lowest BCUT2D eigenvalue weighted by Crippen LogP contribution is -2.14. The van der Waals surface area contributed by atoms with E-state index in [2.05, 4.69) is 53.2 Å². The van der Waals surface area contributed by atoms with Gasteiger partial charge in [0.2, 0.25) is 0 Å². The van der Waals surface area contributed by atoms with Crippen LogP contribution < -0.4 is 5.32 Å². The first kappa shape index (κ1) is 20.6. The summed E-state index contributed by atoms with van der Waals surface area (Å²) in [7, 11) is 0. The first-order chi connectivity index (χ1) is 14.3. The Morgan fingerprint density at radius 2 is 1.83 bits per heavy atom. The highest BCUT2D eigenvalue weighted by atomic mass is 32.1. The Balaban J connectivity index is 1.57. The summed E-state index contributed by atoms with van der Waals surface area (Å²) in [5.74, 6) is 0. The molecule has 0 aliphatic carbocycles. The molecule has 0 bridgehead atoms. The average molecular weight is 430 g/mol. The van der Waals surface area contributed by atoms with E-state index < -0.39 is 11.7 Å². The van der Waals surface area contributed by atoms with Crippen molar-refractivity contribution in [2.45, 2.75) is 39.2 Å². The van der Waals surface area contributed by atoms with Crippen LogP contribution in [0.2, 0.25) is 0 Å². The summed E-state index contributed by atoms with van der Waals surface area (Å²) in [6, 6.07) is 12.0. The second kappa shape index (κ2) is 8.24. The third kappa shape index (κ3) is 4.27. The zero-order valence-corrected chi connectivity index (χ0v) is 17.5. The smallest absolute Gasteiger partial charge is 0.309 e. The molecule has 2 heterocycles. The monoisotopic (exact) mass is 429 g/mol. The van der Waals surface area contributed by atoms with Gasteiger partial charge in [0.15, 0.2) is 0 Å². The van der Waals surface area contributed by atoms with Crippen LogP contribution in [-0.2, 0) is 19.3 Å². The summed E-state index contributed by atoms with van der Waals surface area (Å²) in [5, 5.41) is 13.1. The van der Waals surface area contributed by atoms with E-state index in [9.17, 15) is 13.2 Å². The number of nitrogens with one attached hydrogen (secondary N) is 1. The van der Waals surface area contributed by atoms with E-state index in [-0.39, 0.29) is 6.04 Å². The fourth-order valence-electron chi connectivity index (χ4n) is 3.54. The lowest BCUT2D eigenvalue weighted by molar-refractivity contribution is -0.137. The summed E-state index contributed by atoms with van der Waals surface area (Å²) in [4.78, 5) is 0. The van der Waals surface area contributed by atoms with Crippen molar-refractivity contribution in [2.24, 2.45) is 0 Å². The predicted octanol–water partition coefficient (Wildman–Crippen LogP) is 6.65. The van der Waals surface area contributed by atoms with E-state index in [1.807, 2.05) is 10.9 Å². The van der Waals surface area contributed by atoms with Crippen molar-refractivity contribution in [3.63, 3.8) is 0 Å². The Bertz CT molecular complexity index is 1130. The van der Waals surface area contributed by atoms with Gasteiger partial charge in [0, 0.05) is 24.5 Å². The molecule has 0 aliphatic rings. The second-order valence-electron chi connectivity index (χ2n) is 7.56. The Morgan fingerprint density at radius 1 is 1.07 bits per heavy atom. The summed E-state index contributed by atoms with van der Waals surface area (Å²) in [6.45, 7) is 5.31. The van der Waals surface area contributed by atoms with Crippen molar-refractivity contribution in [2.75, 3.05) is 0 Å². The average Bonchev–Trinajstić information content (AvgIpc) is 3.36. The van der Waals surface area contributed by atoms with Crippen LogP contribution in [0.4, 0.5) is 13.2 Å². The van der Waals surface area contributed by atoms with E-state index in [4.69, 9.17) is 0 Å². The number of hydrogen-bond acceptors (Lipinski definition) is 3. The Kier molecular flexibility index (Phi) is 5.66. The highest BCUT2D eigenvalue weighted by molar-refractivity contribution is 7.08. The SMILES string of the molecule is CC(C)n1ncc2cc(CNCc3ccc(C(F)(F)F)cc3)c(-c3ccsc3)cc21. The third-order valence-electron chi connectivity index (χ3n) is 5.07. The van der Waals surface area contributed by atoms with Gasteiger partial charge in [-0.25, -0.2) is 0 Å². The molecule has 4 aromatic rings. The second-order valence-corrected chi connectivity index (χ2v) is 8.34. The van der Waals surface area contributed by atoms with Gasteiger partial charge in [-0.2, -0.15) is 29.6 Å². The standard InChI is InChI=1S/C23H22F3N3S/c1-15(2)29-22-10-21(17-7-8-30-14-17)18(9-19(22)13-28-29)12-27-11-16-3-5-20(6-4-16)23(24,25)26/h3-10,13-15,27H,11-12H2,1-2H3. The minimum atomic E-state index is -4.31. The van der Waals surface area contributed by atoms with Gasteiger partial charge in [-0.3, -0.25) is 4.68 Å². The van der Waals surface area contributed by atoms with Crippen LogP contribution in [-0.4, -0.2) is 9.78 Å². The molecule has 2 aromatic carbocycles. The van der Waals surface area contributed by atoms with Crippen molar-refractivity contribution in [1.29, 1.82) is 0 Å². The fourth-order valence-corrected chi connectivity index (χ4v) is 4.19. The van der Waals surface area contributed by atoms with Crippen molar-refractivity contribution < 1.29 is 13.2 Å². The summed E-state index contributed by atoms with van der Waals surface area (Å²) < 4.78 is 40.2.